The van der Waals surface area contributed by atoms with Crippen LogP contribution in [0, 0.1) is 6.92 Å². The molecule has 20 heavy (non-hydrogen) atoms. The minimum atomic E-state index is 0.110. The summed E-state index contributed by atoms with van der Waals surface area (Å²) in [5.74, 6) is 0.853. The van der Waals surface area contributed by atoms with Crippen LogP contribution in [-0.2, 0) is 4.79 Å². The molecular formula is C16H18N2O2. The van der Waals surface area contributed by atoms with Crippen molar-refractivity contribution in [3.05, 3.63) is 48.1 Å². The first-order valence-electron chi connectivity index (χ1n) is 6.54. The van der Waals surface area contributed by atoms with Crippen LogP contribution in [0.1, 0.15) is 24.6 Å². The summed E-state index contributed by atoms with van der Waals surface area (Å²) in [5.41, 5.74) is 2.81. The Morgan fingerprint density at radius 2 is 2.25 bits per heavy atom. The van der Waals surface area contributed by atoms with E-state index >= 15 is 0 Å². The summed E-state index contributed by atoms with van der Waals surface area (Å²) in [6.45, 7) is 3.79. The molecule has 2 aromatic rings. The van der Waals surface area contributed by atoms with Gasteiger partial charge >= 0.3 is 0 Å². The lowest BCUT2D eigenvalue weighted by Gasteiger charge is -2.09. The van der Waals surface area contributed by atoms with Crippen molar-refractivity contribution in [3.8, 4) is 11.4 Å². The molecule has 0 spiro atoms. The van der Waals surface area contributed by atoms with E-state index in [9.17, 15) is 4.79 Å². The Hall–Kier alpha value is -2.36. The fourth-order valence-electron chi connectivity index (χ4n) is 1.87. The van der Waals surface area contributed by atoms with Crippen molar-refractivity contribution in [2.45, 2.75) is 20.3 Å². The summed E-state index contributed by atoms with van der Waals surface area (Å²) >= 11 is 0. The Bertz CT molecular complexity index is 642. The van der Waals surface area contributed by atoms with Crippen molar-refractivity contribution in [2.75, 3.05) is 7.11 Å². The monoisotopic (exact) mass is 270 g/mol. The fourth-order valence-corrected chi connectivity index (χ4v) is 1.87. The maximum atomic E-state index is 11.3. The van der Waals surface area contributed by atoms with E-state index in [-0.39, 0.29) is 5.78 Å². The van der Waals surface area contributed by atoms with Gasteiger partial charge in [-0.2, -0.15) is 0 Å². The zero-order chi connectivity index (χ0) is 14.5. The number of benzene rings is 1. The zero-order valence-electron chi connectivity index (χ0n) is 12.0. The molecule has 104 valence electrons. The van der Waals surface area contributed by atoms with E-state index in [1.807, 2.05) is 42.8 Å². The van der Waals surface area contributed by atoms with E-state index in [1.54, 1.807) is 25.6 Å². The smallest absolute Gasteiger partial charge is 0.155 e. The molecule has 0 fully saturated rings. The van der Waals surface area contributed by atoms with E-state index < -0.39 is 0 Å². The summed E-state index contributed by atoms with van der Waals surface area (Å²) in [6.07, 6.45) is 7.60. The topological polar surface area (TPSA) is 44.1 Å². The van der Waals surface area contributed by atoms with Crippen molar-refractivity contribution in [3.63, 3.8) is 0 Å². The molecule has 0 atom stereocenters. The van der Waals surface area contributed by atoms with E-state index in [1.165, 1.54) is 0 Å². The summed E-state index contributed by atoms with van der Waals surface area (Å²) < 4.78 is 7.33. The standard InChI is InChI=1S/C16H18N2O2/c1-4-14(19)7-5-13-6-8-15(16(9-13)20-3)18-10-12(2)17-11-18/h5-11H,4H2,1-3H3/b7-5+. The highest BCUT2D eigenvalue weighted by molar-refractivity contribution is 5.93. The summed E-state index contributed by atoms with van der Waals surface area (Å²) in [6, 6.07) is 5.81. The van der Waals surface area contributed by atoms with Gasteiger partial charge in [0, 0.05) is 12.6 Å². The Kier molecular flexibility index (Phi) is 4.35. The van der Waals surface area contributed by atoms with Gasteiger partial charge in [0.15, 0.2) is 5.78 Å². The molecule has 1 heterocycles. The van der Waals surface area contributed by atoms with E-state index in [4.69, 9.17) is 4.74 Å². The van der Waals surface area contributed by atoms with E-state index in [2.05, 4.69) is 4.98 Å². The van der Waals surface area contributed by atoms with Gasteiger partial charge in [0.1, 0.15) is 5.75 Å². The van der Waals surface area contributed by atoms with Crippen molar-refractivity contribution in [1.29, 1.82) is 0 Å². The largest absolute Gasteiger partial charge is 0.495 e. The van der Waals surface area contributed by atoms with Crippen LogP contribution >= 0.6 is 0 Å². The van der Waals surface area contributed by atoms with Crippen molar-refractivity contribution >= 4 is 11.9 Å². The highest BCUT2D eigenvalue weighted by atomic mass is 16.5. The van der Waals surface area contributed by atoms with Crippen LogP contribution in [-0.4, -0.2) is 22.4 Å². The molecule has 1 aromatic carbocycles. The number of ether oxygens (including phenoxy) is 1. The van der Waals surface area contributed by atoms with Gasteiger partial charge in [-0.1, -0.05) is 19.1 Å². The van der Waals surface area contributed by atoms with Crippen LogP contribution in [0.4, 0.5) is 0 Å². The summed E-state index contributed by atoms with van der Waals surface area (Å²) in [4.78, 5) is 15.5. The van der Waals surface area contributed by atoms with Crippen LogP contribution in [0.25, 0.3) is 11.8 Å². The SMILES string of the molecule is CCC(=O)/C=C/c1ccc(-n2cnc(C)c2)c(OC)c1. The lowest BCUT2D eigenvalue weighted by Crippen LogP contribution is -1.96. The predicted molar refractivity (Wildman–Crippen MR) is 79.2 cm³/mol. The molecule has 0 N–H and O–H groups in total. The molecule has 0 radical (unpaired) electrons. The maximum absolute atomic E-state index is 11.3. The average molecular weight is 270 g/mol. The number of imidazole rings is 1. The number of rotatable bonds is 5. The average Bonchev–Trinajstić information content (AvgIpc) is 2.90. The molecule has 4 heteroatoms. The number of nitrogens with zero attached hydrogens (tertiary/aromatic N) is 2. The third-order valence-electron chi connectivity index (χ3n) is 3.00. The normalized spacial score (nSPS) is 10.9. The third-order valence-corrected chi connectivity index (χ3v) is 3.00. The number of carbonyl (C=O) groups excluding carboxylic acids is 1. The predicted octanol–water partition coefficient (Wildman–Crippen LogP) is 3.18. The Labute approximate surface area is 118 Å². The third kappa shape index (κ3) is 3.15. The number of methoxy groups -OCH3 is 1. The van der Waals surface area contributed by atoms with Crippen molar-refractivity contribution < 1.29 is 9.53 Å². The molecule has 2 rings (SSSR count). The number of hydrogen-bond donors (Lipinski definition) is 0. The molecule has 0 bridgehead atoms. The summed E-state index contributed by atoms with van der Waals surface area (Å²) in [7, 11) is 1.63. The van der Waals surface area contributed by atoms with Gasteiger partial charge in [-0.3, -0.25) is 4.79 Å². The highest BCUT2D eigenvalue weighted by Crippen LogP contribution is 2.25. The number of aromatic nitrogens is 2. The molecule has 0 saturated heterocycles. The van der Waals surface area contributed by atoms with Crippen molar-refractivity contribution in [2.24, 2.45) is 0 Å². The van der Waals surface area contributed by atoms with Crippen LogP contribution < -0.4 is 4.74 Å². The minimum Gasteiger partial charge on any atom is -0.495 e. The summed E-state index contributed by atoms with van der Waals surface area (Å²) in [5, 5.41) is 0. The van der Waals surface area contributed by atoms with E-state index in [0.717, 1.165) is 22.7 Å². The molecule has 0 aliphatic carbocycles. The number of ketones is 1. The fraction of sp³-hybridized carbons (Fsp3) is 0.250. The number of aryl methyl sites for hydroxylation is 1. The maximum Gasteiger partial charge on any atom is 0.155 e. The molecule has 0 amide bonds. The lowest BCUT2D eigenvalue weighted by atomic mass is 10.1. The zero-order valence-corrected chi connectivity index (χ0v) is 12.0. The van der Waals surface area contributed by atoms with Crippen LogP contribution in [0.2, 0.25) is 0 Å². The molecule has 0 saturated carbocycles. The van der Waals surface area contributed by atoms with Crippen LogP contribution in [0.15, 0.2) is 36.8 Å². The quantitative estimate of drug-likeness (QED) is 0.784. The molecule has 0 aliphatic heterocycles. The molecule has 0 aliphatic rings. The van der Waals surface area contributed by atoms with Gasteiger partial charge in [0.25, 0.3) is 0 Å². The first-order valence-corrected chi connectivity index (χ1v) is 6.54. The van der Waals surface area contributed by atoms with Crippen LogP contribution in [0.3, 0.4) is 0 Å². The Balaban J connectivity index is 2.33. The highest BCUT2D eigenvalue weighted by Gasteiger charge is 2.06. The van der Waals surface area contributed by atoms with Gasteiger partial charge < -0.3 is 9.30 Å². The molecular weight excluding hydrogens is 252 g/mol. The number of carbonyl (C=O) groups is 1. The number of allylic oxidation sites excluding steroid dienone is 1. The van der Waals surface area contributed by atoms with Gasteiger partial charge in [-0.25, -0.2) is 4.98 Å². The van der Waals surface area contributed by atoms with Crippen LogP contribution in [0.5, 0.6) is 5.75 Å². The van der Waals surface area contributed by atoms with Gasteiger partial charge in [-0.15, -0.1) is 0 Å². The second-order valence-corrected chi connectivity index (χ2v) is 4.51. The Morgan fingerprint density at radius 3 is 2.85 bits per heavy atom. The minimum absolute atomic E-state index is 0.110. The van der Waals surface area contributed by atoms with Crippen molar-refractivity contribution in [1.82, 2.24) is 9.55 Å². The van der Waals surface area contributed by atoms with Gasteiger partial charge in [0.2, 0.25) is 0 Å². The molecule has 4 nitrogen and oxygen atoms in total. The first kappa shape index (κ1) is 14.1. The van der Waals surface area contributed by atoms with E-state index in [0.29, 0.717) is 6.42 Å². The first-order chi connectivity index (χ1) is 9.63. The lowest BCUT2D eigenvalue weighted by molar-refractivity contribution is -0.114. The second kappa shape index (κ2) is 6.19. The molecule has 1 aromatic heterocycles. The Morgan fingerprint density at radius 1 is 1.45 bits per heavy atom. The second-order valence-electron chi connectivity index (χ2n) is 4.51. The van der Waals surface area contributed by atoms with Gasteiger partial charge in [0.05, 0.1) is 24.8 Å². The molecule has 0 unspecified atom stereocenters. The van der Waals surface area contributed by atoms with Gasteiger partial charge in [-0.05, 0) is 30.7 Å². The number of hydrogen-bond acceptors (Lipinski definition) is 3.